The number of benzene rings is 3. The summed E-state index contributed by atoms with van der Waals surface area (Å²) in [6, 6.07) is 17.0. The van der Waals surface area contributed by atoms with E-state index in [2.05, 4.69) is 10.2 Å². The average molecular weight is 383 g/mol. The topological polar surface area (TPSA) is 82.3 Å². The van der Waals surface area contributed by atoms with Gasteiger partial charge >= 0.3 is 0 Å². The molecule has 0 saturated heterocycles. The molecule has 27 heavy (non-hydrogen) atoms. The molecule has 3 aromatic rings. The Morgan fingerprint density at radius 1 is 0.852 bits per heavy atom. The van der Waals surface area contributed by atoms with Gasteiger partial charge in [0.05, 0.1) is 16.3 Å². The summed E-state index contributed by atoms with van der Waals surface area (Å²) in [5.41, 5.74) is 1.17. The highest BCUT2D eigenvalue weighted by atomic mass is 32.2. The number of aromatic hydroxyl groups is 1. The van der Waals surface area contributed by atoms with Crippen molar-refractivity contribution < 1.29 is 13.5 Å². The van der Waals surface area contributed by atoms with Crippen molar-refractivity contribution >= 4 is 32.2 Å². The summed E-state index contributed by atoms with van der Waals surface area (Å²) in [6.45, 7) is 4.47. The van der Waals surface area contributed by atoms with Crippen LogP contribution in [0, 0.1) is 0 Å². The number of phenols is 1. The zero-order valence-electron chi connectivity index (χ0n) is 15.2. The SMILES string of the molecule is CCN(CC)S(=O)(=O)c1ccc(N=Nc2ccc(O)c3ccccc23)cc1. The predicted molar refractivity (Wildman–Crippen MR) is 106 cm³/mol. The summed E-state index contributed by atoms with van der Waals surface area (Å²) in [5.74, 6) is 0.190. The Kier molecular flexibility index (Phi) is 5.53. The van der Waals surface area contributed by atoms with E-state index in [1.54, 1.807) is 24.3 Å². The zero-order chi connectivity index (χ0) is 19.4. The molecule has 0 amide bonds. The van der Waals surface area contributed by atoms with Crippen LogP contribution in [0.25, 0.3) is 10.8 Å². The molecule has 0 aliphatic carbocycles. The number of rotatable bonds is 6. The van der Waals surface area contributed by atoms with E-state index in [9.17, 15) is 13.5 Å². The van der Waals surface area contributed by atoms with Gasteiger partial charge in [0.2, 0.25) is 10.0 Å². The van der Waals surface area contributed by atoms with E-state index in [4.69, 9.17) is 0 Å². The van der Waals surface area contributed by atoms with Gasteiger partial charge < -0.3 is 5.11 Å². The van der Waals surface area contributed by atoms with E-state index in [0.717, 1.165) is 5.39 Å². The third kappa shape index (κ3) is 3.84. The molecule has 140 valence electrons. The second kappa shape index (κ2) is 7.85. The fraction of sp³-hybridized carbons (Fsp3) is 0.200. The van der Waals surface area contributed by atoms with Gasteiger partial charge in [-0.15, -0.1) is 5.11 Å². The first-order valence-corrected chi connectivity index (χ1v) is 10.1. The van der Waals surface area contributed by atoms with Crippen molar-refractivity contribution in [2.45, 2.75) is 18.7 Å². The highest BCUT2D eigenvalue weighted by Gasteiger charge is 2.21. The summed E-state index contributed by atoms with van der Waals surface area (Å²) < 4.78 is 26.4. The molecule has 0 atom stereocenters. The molecule has 3 aromatic carbocycles. The highest BCUT2D eigenvalue weighted by molar-refractivity contribution is 7.89. The van der Waals surface area contributed by atoms with E-state index in [1.165, 1.54) is 16.4 Å². The molecule has 0 aliphatic heterocycles. The molecule has 6 nitrogen and oxygen atoms in total. The Labute approximate surface area is 158 Å². The monoisotopic (exact) mass is 383 g/mol. The Morgan fingerprint density at radius 2 is 1.48 bits per heavy atom. The maximum Gasteiger partial charge on any atom is 0.243 e. The minimum absolute atomic E-state index is 0.190. The van der Waals surface area contributed by atoms with Gasteiger partial charge in [0.25, 0.3) is 0 Å². The predicted octanol–water partition coefficient (Wildman–Crippen LogP) is 4.99. The van der Waals surface area contributed by atoms with Crippen LogP contribution in [0.2, 0.25) is 0 Å². The maximum absolute atomic E-state index is 12.5. The van der Waals surface area contributed by atoms with Crippen molar-refractivity contribution in [3.05, 3.63) is 60.7 Å². The van der Waals surface area contributed by atoms with E-state index < -0.39 is 10.0 Å². The van der Waals surface area contributed by atoms with Crippen molar-refractivity contribution in [1.82, 2.24) is 4.31 Å². The van der Waals surface area contributed by atoms with E-state index in [-0.39, 0.29) is 10.6 Å². The Hall–Kier alpha value is -2.77. The van der Waals surface area contributed by atoms with Gasteiger partial charge in [-0.1, -0.05) is 38.1 Å². The minimum atomic E-state index is -3.49. The first kappa shape index (κ1) is 19.0. The summed E-state index contributed by atoms with van der Waals surface area (Å²) in [5, 5.41) is 19.9. The number of fused-ring (bicyclic) bond motifs is 1. The van der Waals surface area contributed by atoms with Gasteiger partial charge in [-0.3, -0.25) is 0 Å². The van der Waals surface area contributed by atoms with Crippen LogP contribution < -0.4 is 0 Å². The number of sulfonamides is 1. The van der Waals surface area contributed by atoms with Gasteiger partial charge in [-0.25, -0.2) is 8.42 Å². The fourth-order valence-electron chi connectivity index (χ4n) is 2.86. The van der Waals surface area contributed by atoms with Gasteiger partial charge in [-0.05, 0) is 36.4 Å². The van der Waals surface area contributed by atoms with Crippen molar-refractivity contribution in [3.63, 3.8) is 0 Å². The number of hydrogen-bond acceptors (Lipinski definition) is 5. The van der Waals surface area contributed by atoms with Gasteiger partial charge in [-0.2, -0.15) is 9.42 Å². The molecular formula is C20H21N3O3S. The maximum atomic E-state index is 12.5. The van der Waals surface area contributed by atoms with Crippen LogP contribution >= 0.6 is 0 Å². The van der Waals surface area contributed by atoms with E-state index in [0.29, 0.717) is 29.9 Å². The summed E-state index contributed by atoms with van der Waals surface area (Å²) >= 11 is 0. The second-order valence-corrected chi connectivity index (χ2v) is 7.87. The molecule has 7 heteroatoms. The molecule has 0 radical (unpaired) electrons. The lowest BCUT2D eigenvalue weighted by Gasteiger charge is -2.18. The van der Waals surface area contributed by atoms with Crippen LogP contribution in [0.3, 0.4) is 0 Å². The zero-order valence-corrected chi connectivity index (χ0v) is 16.0. The van der Waals surface area contributed by atoms with Gasteiger partial charge in [0.1, 0.15) is 5.75 Å². The quantitative estimate of drug-likeness (QED) is 0.609. The summed E-state index contributed by atoms with van der Waals surface area (Å²) in [6.07, 6.45) is 0. The molecule has 1 N–H and O–H groups in total. The van der Waals surface area contributed by atoms with Crippen LogP contribution in [0.5, 0.6) is 5.75 Å². The van der Waals surface area contributed by atoms with Crippen LogP contribution in [0.1, 0.15) is 13.8 Å². The molecule has 0 unspecified atom stereocenters. The third-order valence-electron chi connectivity index (χ3n) is 4.33. The first-order chi connectivity index (χ1) is 13.0. The van der Waals surface area contributed by atoms with Crippen molar-refractivity contribution in [2.24, 2.45) is 10.2 Å². The van der Waals surface area contributed by atoms with Crippen LogP contribution in [0.4, 0.5) is 11.4 Å². The fourth-order valence-corrected chi connectivity index (χ4v) is 4.32. The number of nitrogens with zero attached hydrogens (tertiary/aromatic N) is 3. The van der Waals surface area contributed by atoms with Gasteiger partial charge in [0.15, 0.2) is 0 Å². The second-order valence-electron chi connectivity index (χ2n) is 5.93. The van der Waals surface area contributed by atoms with Crippen molar-refractivity contribution in [3.8, 4) is 5.75 Å². The molecule has 0 saturated carbocycles. The standard InChI is InChI=1S/C20H21N3O3S/c1-3-23(4-2)27(25,26)16-11-9-15(10-12-16)21-22-19-13-14-20(24)18-8-6-5-7-17(18)19/h5-14,24H,3-4H2,1-2H3. The Bertz CT molecular complexity index is 1070. The van der Waals surface area contributed by atoms with E-state index >= 15 is 0 Å². The van der Waals surface area contributed by atoms with Crippen molar-refractivity contribution in [2.75, 3.05) is 13.1 Å². The smallest absolute Gasteiger partial charge is 0.243 e. The molecule has 0 spiro atoms. The number of azo groups is 1. The molecular weight excluding hydrogens is 362 g/mol. The molecule has 0 fully saturated rings. The van der Waals surface area contributed by atoms with Gasteiger partial charge in [0, 0.05) is 23.9 Å². The molecule has 0 aliphatic rings. The summed E-state index contributed by atoms with van der Waals surface area (Å²) in [7, 11) is -3.49. The minimum Gasteiger partial charge on any atom is -0.507 e. The third-order valence-corrected chi connectivity index (χ3v) is 6.40. The number of phenolic OH excluding ortho intramolecular Hbond substituents is 1. The molecule has 0 bridgehead atoms. The Morgan fingerprint density at radius 3 is 2.11 bits per heavy atom. The Balaban J connectivity index is 1.89. The molecule has 3 rings (SSSR count). The summed E-state index contributed by atoms with van der Waals surface area (Å²) in [4.78, 5) is 0.236. The highest BCUT2D eigenvalue weighted by Crippen LogP contribution is 2.33. The van der Waals surface area contributed by atoms with Crippen LogP contribution in [0.15, 0.2) is 75.8 Å². The first-order valence-electron chi connectivity index (χ1n) is 8.70. The lowest BCUT2D eigenvalue weighted by molar-refractivity contribution is 0.445. The molecule has 0 aromatic heterocycles. The van der Waals surface area contributed by atoms with Crippen molar-refractivity contribution in [1.29, 1.82) is 0 Å². The van der Waals surface area contributed by atoms with Crippen LogP contribution in [-0.2, 0) is 10.0 Å². The molecule has 0 heterocycles. The van der Waals surface area contributed by atoms with E-state index in [1.807, 2.05) is 38.1 Å². The average Bonchev–Trinajstić information content (AvgIpc) is 2.69. The van der Waals surface area contributed by atoms with Crippen LogP contribution in [-0.4, -0.2) is 30.9 Å². The number of hydrogen-bond donors (Lipinski definition) is 1. The normalized spacial score (nSPS) is 12.3. The lowest BCUT2D eigenvalue weighted by atomic mass is 10.1. The lowest BCUT2D eigenvalue weighted by Crippen LogP contribution is -2.30. The largest absolute Gasteiger partial charge is 0.507 e.